The van der Waals surface area contributed by atoms with E-state index < -0.39 is 17.7 Å². The van der Waals surface area contributed by atoms with Crippen LogP contribution in [0.2, 0.25) is 5.02 Å². The zero-order chi connectivity index (χ0) is 22.1. The van der Waals surface area contributed by atoms with Gasteiger partial charge in [0.15, 0.2) is 12.3 Å². The fraction of sp³-hybridized carbons (Fsp3) is 0.333. The van der Waals surface area contributed by atoms with Crippen LogP contribution < -0.4 is 4.74 Å². The highest BCUT2D eigenvalue weighted by atomic mass is 35.5. The summed E-state index contributed by atoms with van der Waals surface area (Å²) >= 11 is 6.04. The van der Waals surface area contributed by atoms with Crippen molar-refractivity contribution in [1.82, 2.24) is 9.38 Å². The number of aromatic nitrogens is 2. The van der Waals surface area contributed by atoms with Crippen LogP contribution in [0.5, 0.6) is 5.75 Å². The van der Waals surface area contributed by atoms with Gasteiger partial charge in [0, 0.05) is 6.20 Å². The van der Waals surface area contributed by atoms with Crippen molar-refractivity contribution in [3.8, 4) is 5.75 Å². The van der Waals surface area contributed by atoms with Gasteiger partial charge in [-0.15, -0.1) is 0 Å². The molecule has 2 aromatic heterocycles. The maximum atomic E-state index is 13.2. The molecule has 0 aliphatic rings. The minimum Gasteiger partial charge on any atom is -0.482 e. The van der Waals surface area contributed by atoms with E-state index in [9.17, 15) is 18.0 Å². The first kappa shape index (κ1) is 22.0. The van der Waals surface area contributed by atoms with Crippen molar-refractivity contribution in [3.05, 3.63) is 64.1 Å². The fourth-order valence-electron chi connectivity index (χ4n) is 2.90. The highest BCUT2D eigenvalue weighted by Gasteiger charge is 2.32. The fourth-order valence-corrected chi connectivity index (χ4v) is 3.15. The van der Waals surface area contributed by atoms with E-state index in [0.29, 0.717) is 17.1 Å². The Morgan fingerprint density at radius 3 is 2.50 bits per heavy atom. The molecule has 5 nitrogen and oxygen atoms in total. The largest absolute Gasteiger partial charge is 0.482 e. The Bertz CT molecular complexity index is 1060. The van der Waals surface area contributed by atoms with E-state index in [4.69, 9.17) is 21.1 Å². The Kier molecular flexibility index (Phi) is 6.26. The monoisotopic (exact) mass is 440 g/mol. The lowest BCUT2D eigenvalue weighted by atomic mass is 10.1. The predicted octanol–water partition coefficient (Wildman–Crippen LogP) is 5.56. The Morgan fingerprint density at radius 1 is 1.23 bits per heavy atom. The van der Waals surface area contributed by atoms with Gasteiger partial charge in [-0.25, -0.2) is 9.78 Å². The molecule has 1 aromatic carbocycles. The molecule has 0 unspecified atom stereocenters. The van der Waals surface area contributed by atoms with Gasteiger partial charge in [-0.2, -0.15) is 13.2 Å². The molecule has 0 radical (unpaired) electrons. The number of aryl methyl sites for hydroxylation is 1. The Balaban J connectivity index is 1.81. The normalized spacial score (nSPS) is 11.9. The maximum absolute atomic E-state index is 13.2. The molecule has 0 bridgehead atoms. The number of imidazole rings is 1. The molecule has 30 heavy (non-hydrogen) atoms. The van der Waals surface area contributed by atoms with Crippen LogP contribution in [0, 0.1) is 6.92 Å². The van der Waals surface area contributed by atoms with Gasteiger partial charge in [0.1, 0.15) is 12.4 Å². The number of carbonyl (C=O) groups is 1. The van der Waals surface area contributed by atoms with Gasteiger partial charge in [-0.3, -0.25) is 4.40 Å². The van der Waals surface area contributed by atoms with E-state index in [1.807, 2.05) is 32.9 Å². The summed E-state index contributed by atoms with van der Waals surface area (Å²) in [7, 11) is 0. The van der Waals surface area contributed by atoms with E-state index in [-0.39, 0.29) is 29.8 Å². The van der Waals surface area contributed by atoms with Gasteiger partial charge in [-0.05, 0) is 31.0 Å². The van der Waals surface area contributed by atoms with Gasteiger partial charge in [0.05, 0.1) is 22.0 Å². The van der Waals surface area contributed by atoms with Crippen molar-refractivity contribution >= 4 is 23.2 Å². The third-order valence-corrected chi connectivity index (χ3v) is 4.70. The SMILES string of the molecule is Cc1ccc(OCC(=O)OCc2c(C(C)C)nc3c(Cl)cc(C(F)(F)F)cn23)cc1. The molecule has 3 aromatic rings. The van der Waals surface area contributed by atoms with Crippen molar-refractivity contribution < 1.29 is 27.4 Å². The van der Waals surface area contributed by atoms with Crippen molar-refractivity contribution in [2.75, 3.05) is 6.61 Å². The zero-order valence-corrected chi connectivity index (χ0v) is 17.3. The number of nitrogens with zero attached hydrogens (tertiary/aromatic N) is 2. The first-order chi connectivity index (χ1) is 14.1. The molecule has 0 saturated heterocycles. The van der Waals surface area contributed by atoms with Gasteiger partial charge >= 0.3 is 12.1 Å². The highest BCUT2D eigenvalue weighted by Crippen LogP contribution is 2.34. The molecule has 0 aliphatic heterocycles. The molecule has 9 heteroatoms. The van der Waals surface area contributed by atoms with Crippen LogP contribution >= 0.6 is 11.6 Å². The first-order valence-corrected chi connectivity index (χ1v) is 9.56. The van der Waals surface area contributed by atoms with E-state index >= 15 is 0 Å². The lowest BCUT2D eigenvalue weighted by molar-refractivity contribution is -0.147. The molecular weight excluding hydrogens is 421 g/mol. The van der Waals surface area contributed by atoms with E-state index in [0.717, 1.165) is 17.8 Å². The highest BCUT2D eigenvalue weighted by molar-refractivity contribution is 6.33. The quantitative estimate of drug-likeness (QED) is 0.471. The van der Waals surface area contributed by atoms with Crippen LogP contribution in [0.15, 0.2) is 36.5 Å². The molecule has 0 saturated carbocycles. The summed E-state index contributed by atoms with van der Waals surface area (Å²) in [5.74, 6) is -0.261. The van der Waals surface area contributed by atoms with E-state index in [1.54, 1.807) is 12.1 Å². The molecule has 0 amide bonds. The summed E-state index contributed by atoms with van der Waals surface area (Å²) in [6.07, 6.45) is -3.66. The zero-order valence-electron chi connectivity index (χ0n) is 16.6. The van der Waals surface area contributed by atoms with Gasteiger partial charge in [-0.1, -0.05) is 43.1 Å². The van der Waals surface area contributed by atoms with E-state index in [2.05, 4.69) is 4.98 Å². The Hall–Kier alpha value is -2.74. The molecule has 0 atom stereocenters. The molecule has 3 rings (SSSR count). The second-order valence-electron chi connectivity index (χ2n) is 7.13. The number of halogens is 4. The lowest BCUT2D eigenvalue weighted by Crippen LogP contribution is -2.16. The number of esters is 1. The molecule has 0 spiro atoms. The van der Waals surface area contributed by atoms with Crippen molar-refractivity contribution in [1.29, 1.82) is 0 Å². The summed E-state index contributed by atoms with van der Waals surface area (Å²) in [5.41, 5.74) is 1.15. The third kappa shape index (κ3) is 4.87. The smallest absolute Gasteiger partial charge is 0.417 e. The summed E-state index contributed by atoms with van der Waals surface area (Å²) in [5, 5.41) is -0.132. The summed E-state index contributed by atoms with van der Waals surface area (Å²) in [6.45, 7) is 5.02. The van der Waals surface area contributed by atoms with Crippen molar-refractivity contribution in [3.63, 3.8) is 0 Å². The van der Waals surface area contributed by atoms with E-state index in [1.165, 1.54) is 4.40 Å². The average Bonchev–Trinajstić information content (AvgIpc) is 3.05. The van der Waals surface area contributed by atoms with Crippen molar-refractivity contribution in [2.24, 2.45) is 0 Å². The van der Waals surface area contributed by atoms with Crippen LogP contribution in [-0.2, 0) is 22.3 Å². The maximum Gasteiger partial charge on any atom is 0.417 e. The van der Waals surface area contributed by atoms with Crippen LogP contribution in [0.3, 0.4) is 0 Å². The molecule has 0 aliphatic carbocycles. The number of fused-ring (bicyclic) bond motifs is 1. The first-order valence-electron chi connectivity index (χ1n) is 9.19. The number of alkyl halides is 3. The lowest BCUT2D eigenvalue weighted by Gasteiger charge is -2.12. The molecule has 0 N–H and O–H groups in total. The number of hydrogen-bond donors (Lipinski definition) is 0. The summed E-state index contributed by atoms with van der Waals surface area (Å²) in [4.78, 5) is 16.5. The number of benzene rings is 1. The van der Waals surface area contributed by atoms with Gasteiger partial charge in [0.25, 0.3) is 0 Å². The number of carbonyl (C=O) groups excluding carboxylic acids is 1. The number of pyridine rings is 1. The second kappa shape index (κ2) is 8.55. The minimum atomic E-state index is -4.57. The molecule has 0 fully saturated rings. The summed E-state index contributed by atoms with van der Waals surface area (Å²) < 4.78 is 51.4. The van der Waals surface area contributed by atoms with Gasteiger partial charge in [0.2, 0.25) is 0 Å². The molecule has 2 heterocycles. The predicted molar refractivity (Wildman–Crippen MR) is 106 cm³/mol. The Labute approximate surface area is 176 Å². The molecular formula is C21H20ClF3N2O3. The van der Waals surface area contributed by atoms with Crippen LogP contribution in [0.25, 0.3) is 5.65 Å². The summed E-state index contributed by atoms with van der Waals surface area (Å²) in [6, 6.07) is 7.97. The number of rotatable bonds is 6. The molecule has 160 valence electrons. The van der Waals surface area contributed by atoms with Crippen LogP contribution in [0.4, 0.5) is 13.2 Å². The van der Waals surface area contributed by atoms with Crippen LogP contribution in [0.1, 0.15) is 42.3 Å². The standard InChI is InChI=1S/C21H20ClF3N2O3/c1-12(2)19-17(10-30-18(28)11-29-15-6-4-13(3)5-7-15)27-9-14(21(23,24)25)8-16(22)20(27)26-19/h4-9,12H,10-11H2,1-3H3. The second-order valence-corrected chi connectivity index (χ2v) is 7.54. The van der Waals surface area contributed by atoms with Gasteiger partial charge < -0.3 is 9.47 Å². The average molecular weight is 441 g/mol. The Morgan fingerprint density at radius 2 is 1.90 bits per heavy atom. The number of hydrogen-bond acceptors (Lipinski definition) is 4. The van der Waals surface area contributed by atoms with Crippen LogP contribution in [-0.4, -0.2) is 22.0 Å². The third-order valence-electron chi connectivity index (χ3n) is 4.43. The van der Waals surface area contributed by atoms with Crippen molar-refractivity contribution in [2.45, 2.75) is 39.5 Å². The number of ether oxygens (including phenoxy) is 2. The topological polar surface area (TPSA) is 52.8 Å². The minimum absolute atomic E-state index is 0.118.